The fourth-order valence-electron chi connectivity index (χ4n) is 3.19. The number of rotatable bonds is 3. The topological polar surface area (TPSA) is 76.9 Å². The second kappa shape index (κ2) is 5.44. The highest BCUT2D eigenvalue weighted by Gasteiger charge is 2.24. The number of aryl methyl sites for hydroxylation is 1. The van der Waals surface area contributed by atoms with Crippen LogP contribution in [-0.4, -0.2) is 26.5 Å². The minimum Gasteiger partial charge on any atom is -0.352 e. The summed E-state index contributed by atoms with van der Waals surface area (Å²) in [5.41, 5.74) is 2.51. The Labute approximate surface area is 133 Å². The number of aromatic nitrogens is 3. The predicted molar refractivity (Wildman–Crippen MR) is 86.2 cm³/mol. The summed E-state index contributed by atoms with van der Waals surface area (Å²) in [7, 11) is 0. The van der Waals surface area contributed by atoms with Crippen molar-refractivity contribution in [1.29, 1.82) is 0 Å². The first-order chi connectivity index (χ1) is 11.1. The molecule has 1 amide bonds. The van der Waals surface area contributed by atoms with Crippen LogP contribution < -0.4 is 10.9 Å². The van der Waals surface area contributed by atoms with Gasteiger partial charge in [0.2, 0.25) is 5.91 Å². The molecule has 1 fully saturated rings. The molecule has 6 nitrogen and oxygen atoms in total. The normalized spacial score (nSPS) is 20.3. The number of hydrogen-bond donors (Lipinski definition) is 1. The lowest BCUT2D eigenvalue weighted by Crippen LogP contribution is -2.33. The number of nitrogens with zero attached hydrogens (tertiary/aromatic N) is 3. The molecular formula is C17H20N4O2. The van der Waals surface area contributed by atoms with Gasteiger partial charge in [-0.2, -0.15) is 0 Å². The van der Waals surface area contributed by atoms with Crippen LogP contribution in [-0.2, 0) is 24.2 Å². The standard InChI is InChI=1S/C17H20N4O2/c1-10-2-5-14-11(6-10)7-13-16(20-14)18-9-21(17(13)23)8-15(22)19-12-3-4-12/h7,9-10,12H,2-6,8H2,1H3,(H,19,22). The molecule has 2 aromatic heterocycles. The molecule has 1 atom stereocenters. The molecule has 6 heteroatoms. The molecule has 0 bridgehead atoms. The van der Waals surface area contributed by atoms with E-state index in [1.165, 1.54) is 10.9 Å². The van der Waals surface area contributed by atoms with Crippen LogP contribution >= 0.6 is 0 Å². The zero-order valence-corrected chi connectivity index (χ0v) is 13.2. The van der Waals surface area contributed by atoms with Crippen molar-refractivity contribution in [3.8, 4) is 0 Å². The Morgan fingerprint density at radius 3 is 3.00 bits per heavy atom. The van der Waals surface area contributed by atoms with E-state index >= 15 is 0 Å². The van der Waals surface area contributed by atoms with Crippen molar-refractivity contribution in [3.63, 3.8) is 0 Å². The average Bonchev–Trinajstić information content (AvgIpc) is 3.33. The Bertz CT molecular complexity index is 838. The summed E-state index contributed by atoms with van der Waals surface area (Å²) in [5.74, 6) is 0.486. The van der Waals surface area contributed by atoms with Crippen molar-refractivity contribution in [2.24, 2.45) is 5.92 Å². The van der Waals surface area contributed by atoms with Crippen molar-refractivity contribution in [1.82, 2.24) is 19.9 Å². The Morgan fingerprint density at radius 2 is 2.22 bits per heavy atom. The van der Waals surface area contributed by atoms with Gasteiger partial charge >= 0.3 is 0 Å². The maximum atomic E-state index is 12.6. The van der Waals surface area contributed by atoms with Gasteiger partial charge in [-0.05, 0) is 49.7 Å². The molecule has 4 rings (SSSR count). The third-order valence-electron chi connectivity index (χ3n) is 4.68. The minimum atomic E-state index is -0.186. The summed E-state index contributed by atoms with van der Waals surface area (Å²) in [5, 5.41) is 3.40. The lowest BCUT2D eigenvalue weighted by atomic mass is 9.87. The molecule has 1 unspecified atom stereocenters. The summed E-state index contributed by atoms with van der Waals surface area (Å²) < 4.78 is 1.38. The van der Waals surface area contributed by atoms with Gasteiger partial charge in [0, 0.05) is 11.7 Å². The van der Waals surface area contributed by atoms with E-state index in [0.717, 1.165) is 43.4 Å². The molecule has 120 valence electrons. The number of carbonyl (C=O) groups is 1. The van der Waals surface area contributed by atoms with Crippen LogP contribution in [0.5, 0.6) is 0 Å². The Kier molecular flexibility index (Phi) is 3.39. The van der Waals surface area contributed by atoms with Crippen molar-refractivity contribution in [3.05, 3.63) is 34.0 Å². The summed E-state index contributed by atoms with van der Waals surface area (Å²) in [6, 6.07) is 2.22. The van der Waals surface area contributed by atoms with Crippen LogP contribution in [0.15, 0.2) is 17.2 Å². The summed E-state index contributed by atoms with van der Waals surface area (Å²) in [6.07, 6.45) is 6.53. The Balaban J connectivity index is 1.69. The number of fused-ring (bicyclic) bond motifs is 2. The van der Waals surface area contributed by atoms with Crippen molar-refractivity contribution in [2.45, 2.75) is 51.6 Å². The second-order valence-corrected chi connectivity index (χ2v) is 6.83. The quantitative estimate of drug-likeness (QED) is 0.924. The molecule has 2 aromatic rings. The van der Waals surface area contributed by atoms with Gasteiger partial charge in [0.25, 0.3) is 5.56 Å². The zero-order chi connectivity index (χ0) is 16.0. The number of carbonyl (C=O) groups excluding carboxylic acids is 1. The molecule has 0 saturated heterocycles. The monoisotopic (exact) mass is 312 g/mol. The maximum absolute atomic E-state index is 12.6. The van der Waals surface area contributed by atoms with E-state index < -0.39 is 0 Å². The molecule has 0 aromatic carbocycles. The smallest absolute Gasteiger partial charge is 0.263 e. The van der Waals surface area contributed by atoms with Crippen LogP contribution in [0.25, 0.3) is 11.0 Å². The predicted octanol–water partition coefficient (Wildman–Crippen LogP) is 1.19. The first-order valence-corrected chi connectivity index (χ1v) is 8.27. The van der Waals surface area contributed by atoms with Gasteiger partial charge < -0.3 is 5.32 Å². The van der Waals surface area contributed by atoms with E-state index in [4.69, 9.17) is 0 Å². The lowest BCUT2D eigenvalue weighted by molar-refractivity contribution is -0.121. The second-order valence-electron chi connectivity index (χ2n) is 6.83. The third-order valence-corrected chi connectivity index (χ3v) is 4.68. The number of pyridine rings is 1. The molecule has 0 radical (unpaired) electrons. The highest BCUT2D eigenvalue weighted by molar-refractivity contribution is 5.78. The first kappa shape index (κ1) is 14.4. The van der Waals surface area contributed by atoms with E-state index in [1.54, 1.807) is 0 Å². The van der Waals surface area contributed by atoms with Gasteiger partial charge in [-0.25, -0.2) is 9.97 Å². The molecule has 23 heavy (non-hydrogen) atoms. The largest absolute Gasteiger partial charge is 0.352 e. The fraction of sp³-hybridized carbons (Fsp3) is 0.529. The van der Waals surface area contributed by atoms with Gasteiger partial charge in [0.05, 0.1) is 5.39 Å². The van der Waals surface area contributed by atoms with Crippen LogP contribution in [0.4, 0.5) is 0 Å². The van der Waals surface area contributed by atoms with Crippen molar-refractivity contribution in [2.75, 3.05) is 0 Å². The van der Waals surface area contributed by atoms with Gasteiger partial charge in [0.15, 0.2) is 5.65 Å². The zero-order valence-electron chi connectivity index (χ0n) is 13.2. The summed E-state index contributed by atoms with van der Waals surface area (Å²) in [4.78, 5) is 33.4. The van der Waals surface area contributed by atoms with Crippen LogP contribution in [0, 0.1) is 5.92 Å². The average molecular weight is 312 g/mol. The summed E-state index contributed by atoms with van der Waals surface area (Å²) in [6.45, 7) is 2.24. The van der Waals surface area contributed by atoms with E-state index in [9.17, 15) is 9.59 Å². The molecular weight excluding hydrogens is 292 g/mol. The number of amides is 1. The third kappa shape index (κ3) is 2.85. The highest BCUT2D eigenvalue weighted by Crippen LogP contribution is 2.25. The molecule has 1 saturated carbocycles. The summed E-state index contributed by atoms with van der Waals surface area (Å²) >= 11 is 0. The molecule has 0 aliphatic heterocycles. The maximum Gasteiger partial charge on any atom is 0.263 e. The van der Waals surface area contributed by atoms with Gasteiger partial charge in [0.1, 0.15) is 12.9 Å². The van der Waals surface area contributed by atoms with Gasteiger partial charge in [-0.3, -0.25) is 14.2 Å². The van der Waals surface area contributed by atoms with E-state index in [0.29, 0.717) is 23.0 Å². The lowest BCUT2D eigenvalue weighted by Gasteiger charge is -2.20. The fourth-order valence-corrected chi connectivity index (χ4v) is 3.19. The Hall–Kier alpha value is -2.24. The molecule has 0 spiro atoms. The first-order valence-electron chi connectivity index (χ1n) is 8.27. The highest BCUT2D eigenvalue weighted by atomic mass is 16.2. The molecule has 1 N–H and O–H groups in total. The van der Waals surface area contributed by atoms with Crippen LogP contribution in [0.3, 0.4) is 0 Å². The molecule has 2 aliphatic carbocycles. The molecule has 2 aliphatic rings. The van der Waals surface area contributed by atoms with Crippen LogP contribution in [0.1, 0.15) is 37.4 Å². The van der Waals surface area contributed by atoms with Crippen molar-refractivity contribution < 1.29 is 4.79 Å². The minimum absolute atomic E-state index is 0.0196. The van der Waals surface area contributed by atoms with E-state index in [-0.39, 0.29) is 18.0 Å². The van der Waals surface area contributed by atoms with E-state index in [2.05, 4.69) is 22.2 Å². The SMILES string of the molecule is CC1CCc2nc3ncn(CC(=O)NC4CC4)c(=O)c3cc2C1. The van der Waals surface area contributed by atoms with Crippen molar-refractivity contribution >= 4 is 16.9 Å². The Morgan fingerprint density at radius 1 is 1.39 bits per heavy atom. The number of nitrogens with one attached hydrogen (secondary N) is 1. The number of hydrogen-bond acceptors (Lipinski definition) is 4. The van der Waals surface area contributed by atoms with Gasteiger partial charge in [-0.15, -0.1) is 0 Å². The molecule has 2 heterocycles. The van der Waals surface area contributed by atoms with Gasteiger partial charge in [-0.1, -0.05) is 6.92 Å². The van der Waals surface area contributed by atoms with Crippen LogP contribution in [0.2, 0.25) is 0 Å². The van der Waals surface area contributed by atoms with E-state index in [1.807, 2.05) is 6.07 Å².